The summed E-state index contributed by atoms with van der Waals surface area (Å²) < 4.78 is 1.34. The monoisotopic (exact) mass is 294 g/mol. The van der Waals surface area contributed by atoms with E-state index in [4.69, 9.17) is 5.11 Å². The van der Waals surface area contributed by atoms with Crippen molar-refractivity contribution in [2.75, 3.05) is 6.26 Å². The number of para-hydroxylation sites is 1. The Balaban J connectivity index is 2.82. The molecule has 0 radical (unpaired) electrons. The van der Waals surface area contributed by atoms with Crippen LogP contribution in [0.1, 0.15) is 17.3 Å². The van der Waals surface area contributed by atoms with Crippen LogP contribution in [0.5, 0.6) is 0 Å². The number of carboxylic acid groups (broad SMARTS) is 1. The number of nitrogens with one attached hydrogen (secondary N) is 1. The lowest BCUT2D eigenvalue weighted by molar-refractivity contribution is 0.0699. The minimum atomic E-state index is -1.14. The van der Waals surface area contributed by atoms with Crippen molar-refractivity contribution in [2.24, 2.45) is 0 Å². The molecule has 0 saturated carbocycles. The third kappa shape index (κ3) is 2.49. The molecule has 0 aliphatic rings. The zero-order valence-electron chi connectivity index (χ0n) is 11.0. The predicted octanol–water partition coefficient (Wildman–Crippen LogP) is 1.14. The maximum atomic E-state index is 12.0. The van der Waals surface area contributed by atoms with Crippen LogP contribution in [0.2, 0.25) is 0 Å². The Labute approximate surface area is 118 Å². The van der Waals surface area contributed by atoms with Crippen LogP contribution in [0.4, 0.5) is 0 Å². The smallest absolute Gasteiger partial charge is 0.337 e. The highest BCUT2D eigenvalue weighted by atomic mass is 32.2. The Bertz CT molecular complexity index is 778. The molecule has 7 heteroatoms. The fourth-order valence-electron chi connectivity index (χ4n) is 1.99. The number of thioether (sulfide) groups is 1. The molecule has 0 amide bonds. The van der Waals surface area contributed by atoms with Gasteiger partial charge in [-0.1, -0.05) is 13.0 Å². The van der Waals surface area contributed by atoms with E-state index in [1.807, 2.05) is 13.2 Å². The van der Waals surface area contributed by atoms with Gasteiger partial charge in [-0.2, -0.15) is 11.8 Å². The Morgan fingerprint density at radius 2 is 2.15 bits per heavy atom. The average Bonchev–Trinajstić information content (AvgIpc) is 2.42. The molecule has 0 aliphatic carbocycles. The fourth-order valence-corrected chi connectivity index (χ4v) is 2.28. The molecule has 0 bridgehead atoms. The van der Waals surface area contributed by atoms with E-state index in [-0.39, 0.29) is 16.3 Å². The maximum Gasteiger partial charge on any atom is 0.337 e. The number of rotatable bonds is 4. The quantitative estimate of drug-likeness (QED) is 0.825. The van der Waals surface area contributed by atoms with Crippen molar-refractivity contribution in [3.05, 3.63) is 44.5 Å². The van der Waals surface area contributed by atoms with Crippen LogP contribution < -0.4 is 11.1 Å². The third-order valence-corrected chi connectivity index (χ3v) is 4.04. The van der Waals surface area contributed by atoms with E-state index < -0.39 is 17.1 Å². The lowest BCUT2D eigenvalue weighted by Gasteiger charge is -2.14. The molecule has 1 heterocycles. The minimum absolute atomic E-state index is 0.0230. The van der Waals surface area contributed by atoms with Gasteiger partial charge in [0.25, 0.3) is 0 Å². The van der Waals surface area contributed by atoms with Gasteiger partial charge in [0, 0.05) is 11.8 Å². The second-order valence-electron chi connectivity index (χ2n) is 4.42. The molecule has 1 atom stereocenters. The first kappa shape index (κ1) is 14.4. The molecule has 1 unspecified atom stereocenters. The van der Waals surface area contributed by atoms with E-state index in [1.54, 1.807) is 23.9 Å². The first-order valence-corrected chi connectivity index (χ1v) is 7.26. The number of carboxylic acids is 1. The van der Waals surface area contributed by atoms with Crippen molar-refractivity contribution in [2.45, 2.75) is 18.7 Å². The van der Waals surface area contributed by atoms with Gasteiger partial charge in [-0.05, 0) is 18.4 Å². The van der Waals surface area contributed by atoms with Crippen molar-refractivity contribution in [3.63, 3.8) is 0 Å². The van der Waals surface area contributed by atoms with E-state index in [0.29, 0.717) is 12.1 Å². The van der Waals surface area contributed by atoms with E-state index in [0.717, 1.165) is 0 Å². The van der Waals surface area contributed by atoms with Crippen molar-refractivity contribution in [1.82, 2.24) is 9.55 Å². The average molecular weight is 294 g/mol. The fraction of sp³-hybridized carbons (Fsp3) is 0.308. The number of nitrogens with zero attached hydrogens (tertiary/aromatic N) is 1. The summed E-state index contributed by atoms with van der Waals surface area (Å²) in [5.74, 6) is -1.14. The van der Waals surface area contributed by atoms with Crippen molar-refractivity contribution in [3.8, 4) is 0 Å². The van der Waals surface area contributed by atoms with Gasteiger partial charge in [-0.25, -0.2) is 4.79 Å². The van der Waals surface area contributed by atoms with Crippen molar-refractivity contribution >= 4 is 28.8 Å². The number of H-pyrrole nitrogens is 1. The molecule has 0 aliphatic heterocycles. The summed E-state index contributed by atoms with van der Waals surface area (Å²) in [7, 11) is 0. The molecule has 106 valence electrons. The first-order chi connectivity index (χ1) is 9.45. The SMILES string of the molecule is CSC(C)Cn1c(=O)c(=O)[nH]c2c(C(=O)O)cccc21. The van der Waals surface area contributed by atoms with Crippen LogP contribution in [-0.2, 0) is 6.54 Å². The van der Waals surface area contributed by atoms with Crippen LogP contribution in [0.25, 0.3) is 11.0 Å². The number of aromatic nitrogens is 2. The maximum absolute atomic E-state index is 12.0. The highest BCUT2D eigenvalue weighted by molar-refractivity contribution is 7.99. The van der Waals surface area contributed by atoms with Gasteiger partial charge in [0.1, 0.15) is 0 Å². The van der Waals surface area contributed by atoms with Gasteiger partial charge in [-0.15, -0.1) is 0 Å². The number of hydrogen-bond acceptors (Lipinski definition) is 4. The molecule has 2 aromatic rings. The van der Waals surface area contributed by atoms with Crippen LogP contribution in [0.15, 0.2) is 27.8 Å². The number of fused-ring (bicyclic) bond motifs is 1. The van der Waals surface area contributed by atoms with Gasteiger partial charge in [-0.3, -0.25) is 9.59 Å². The lowest BCUT2D eigenvalue weighted by atomic mass is 10.1. The summed E-state index contributed by atoms with van der Waals surface area (Å²) in [5.41, 5.74) is -0.890. The second kappa shape index (κ2) is 5.54. The van der Waals surface area contributed by atoms with E-state index in [1.165, 1.54) is 10.6 Å². The molecule has 0 spiro atoms. The lowest BCUT2D eigenvalue weighted by Crippen LogP contribution is -2.38. The second-order valence-corrected chi connectivity index (χ2v) is 5.70. The zero-order chi connectivity index (χ0) is 14.9. The van der Waals surface area contributed by atoms with E-state index in [9.17, 15) is 14.4 Å². The number of benzene rings is 1. The summed E-state index contributed by atoms with van der Waals surface area (Å²) in [6.07, 6.45) is 1.91. The molecular formula is C13H14N2O4S. The Morgan fingerprint density at radius 1 is 1.45 bits per heavy atom. The van der Waals surface area contributed by atoms with E-state index in [2.05, 4.69) is 4.98 Å². The topological polar surface area (TPSA) is 92.2 Å². The van der Waals surface area contributed by atoms with Gasteiger partial charge in [0.05, 0.1) is 16.6 Å². The summed E-state index contributed by atoms with van der Waals surface area (Å²) in [4.78, 5) is 37.2. The molecule has 1 aromatic heterocycles. The van der Waals surface area contributed by atoms with Crippen molar-refractivity contribution < 1.29 is 9.90 Å². The molecule has 2 rings (SSSR count). The van der Waals surface area contributed by atoms with Crippen LogP contribution >= 0.6 is 11.8 Å². The number of aromatic amines is 1. The Hall–Kier alpha value is -2.02. The number of aromatic carboxylic acids is 1. The number of carbonyl (C=O) groups is 1. The molecule has 2 N–H and O–H groups in total. The van der Waals surface area contributed by atoms with Gasteiger partial charge >= 0.3 is 17.1 Å². The molecule has 6 nitrogen and oxygen atoms in total. The molecular weight excluding hydrogens is 280 g/mol. The predicted molar refractivity (Wildman–Crippen MR) is 78.8 cm³/mol. The van der Waals surface area contributed by atoms with Crippen molar-refractivity contribution in [1.29, 1.82) is 0 Å². The van der Waals surface area contributed by atoms with Gasteiger partial charge in [0.2, 0.25) is 0 Å². The Kier molecular flexibility index (Phi) is 3.99. The highest BCUT2D eigenvalue weighted by Crippen LogP contribution is 2.16. The largest absolute Gasteiger partial charge is 0.478 e. The highest BCUT2D eigenvalue weighted by Gasteiger charge is 2.15. The van der Waals surface area contributed by atoms with Crippen LogP contribution in [0, 0.1) is 0 Å². The normalized spacial score (nSPS) is 12.5. The standard InChI is InChI=1S/C13H14N2O4S/c1-7(20-2)6-15-9-5-3-4-8(13(18)19)10(9)14-11(16)12(15)17/h3-5,7H,6H2,1-2H3,(H,14,16)(H,18,19). The Morgan fingerprint density at radius 3 is 2.75 bits per heavy atom. The molecule has 1 aromatic carbocycles. The molecule has 0 fully saturated rings. The molecule has 20 heavy (non-hydrogen) atoms. The van der Waals surface area contributed by atoms with Crippen LogP contribution in [0.3, 0.4) is 0 Å². The van der Waals surface area contributed by atoms with Gasteiger partial charge < -0.3 is 14.7 Å². The van der Waals surface area contributed by atoms with Gasteiger partial charge in [0.15, 0.2) is 0 Å². The summed E-state index contributed by atoms with van der Waals surface area (Å²) in [6, 6.07) is 4.59. The zero-order valence-corrected chi connectivity index (χ0v) is 11.9. The first-order valence-electron chi connectivity index (χ1n) is 5.97. The minimum Gasteiger partial charge on any atom is -0.478 e. The van der Waals surface area contributed by atoms with E-state index >= 15 is 0 Å². The number of hydrogen-bond donors (Lipinski definition) is 2. The third-order valence-electron chi connectivity index (χ3n) is 3.08. The summed E-state index contributed by atoms with van der Waals surface area (Å²) in [6.45, 7) is 2.29. The summed E-state index contributed by atoms with van der Waals surface area (Å²) in [5, 5.41) is 9.28. The summed E-state index contributed by atoms with van der Waals surface area (Å²) >= 11 is 1.56. The molecule has 0 saturated heterocycles. The van der Waals surface area contributed by atoms with Crippen LogP contribution in [-0.4, -0.2) is 32.1 Å².